The fraction of sp³-hybridized carbons (Fsp3) is 0. The molecule has 2 nitrogen and oxygen atoms in total. The number of hydrogen-bond acceptors (Lipinski definition) is 3. The summed E-state index contributed by atoms with van der Waals surface area (Å²) in [7, 11) is 4.22. The molecular formula is H2Bi2FeO2S. The van der Waals surface area contributed by atoms with Crippen molar-refractivity contribution in [3.63, 3.8) is 0 Å². The molecule has 0 aromatic carbocycles. The topological polar surface area (TPSA) is 34.1 Å². The van der Waals surface area contributed by atoms with E-state index in [-0.39, 0.29) is 24.7 Å². The molecule has 6 heavy (non-hydrogen) atoms. The van der Waals surface area contributed by atoms with E-state index in [0.717, 1.165) is 22.7 Å². The van der Waals surface area contributed by atoms with Crippen molar-refractivity contribution < 1.29 is 22.6 Å². The second-order valence-electron chi connectivity index (χ2n) is 0. The van der Waals surface area contributed by atoms with Crippen molar-refractivity contribution in [2.24, 2.45) is 0 Å². The van der Waals surface area contributed by atoms with E-state index in [1.807, 2.05) is 15.9 Å². The Bertz CT molecular complexity index is 16.3. The molecular weight excluding hydrogens is 538 g/mol. The van der Waals surface area contributed by atoms with Crippen molar-refractivity contribution >= 4 is 56.3 Å². The van der Waals surface area contributed by atoms with Crippen LogP contribution in [0.2, 0.25) is 0 Å². The van der Waals surface area contributed by atoms with Gasteiger partial charge in [0.2, 0.25) is 0 Å². The molecule has 0 aliphatic heterocycles. The monoisotopic (exact) mass is 540 g/mol. The molecule has 0 spiro atoms. The van der Waals surface area contributed by atoms with Crippen LogP contribution in [-0.4, -0.2) is 47.4 Å². The zero-order chi connectivity index (χ0) is 6.00. The van der Waals surface area contributed by atoms with Crippen molar-refractivity contribution in [1.82, 2.24) is 0 Å². The maximum absolute atomic E-state index is 8.39. The van der Waals surface area contributed by atoms with Gasteiger partial charge in [-0.1, -0.05) is 0 Å². The summed E-state index contributed by atoms with van der Waals surface area (Å²) in [4.78, 5) is 0. The van der Waals surface area contributed by atoms with Gasteiger partial charge in [0, 0.05) is 0 Å². The quantitative estimate of drug-likeness (QED) is 0.375. The van der Waals surface area contributed by atoms with E-state index in [4.69, 9.17) is 6.65 Å². The van der Waals surface area contributed by atoms with Gasteiger partial charge in [0.25, 0.3) is 0 Å². The van der Waals surface area contributed by atoms with E-state index in [1.54, 1.807) is 0 Å². The molecule has 0 radical (unpaired) electrons. The summed E-state index contributed by atoms with van der Waals surface area (Å²) in [5.41, 5.74) is 0. The number of rotatable bonds is 0. The van der Waals surface area contributed by atoms with Crippen molar-refractivity contribution in [2.75, 3.05) is 0 Å². The van der Waals surface area contributed by atoms with Crippen LogP contribution in [0.4, 0.5) is 0 Å². The van der Waals surface area contributed by atoms with Crippen LogP contribution in [0.1, 0.15) is 0 Å². The molecule has 0 heterocycles. The molecule has 0 bridgehead atoms. The van der Waals surface area contributed by atoms with Crippen LogP contribution in [0.15, 0.2) is 0 Å². The van der Waals surface area contributed by atoms with E-state index in [9.17, 15) is 0 Å². The van der Waals surface area contributed by atoms with E-state index in [1.165, 1.54) is 0 Å². The van der Waals surface area contributed by atoms with Gasteiger partial charge in [0.1, 0.15) is 0 Å². The molecule has 0 aromatic heterocycles. The Morgan fingerprint density at radius 3 is 1.17 bits per heavy atom. The minimum atomic E-state index is 0.0556. The third-order valence-electron chi connectivity index (χ3n) is 0. The predicted molar refractivity (Wildman–Crippen MR) is 23.3 cm³/mol. The Balaban J connectivity index is -0.0000000225. The van der Waals surface area contributed by atoms with Crippen LogP contribution >= 0.6 is 8.86 Å². The zero-order valence-corrected chi connectivity index (χ0v) is 12.3. The summed E-state index contributed by atoms with van der Waals surface area (Å²) in [6.07, 6.45) is 0. The summed E-state index contributed by atoms with van der Waals surface area (Å²) >= 11 is 2.94. The molecule has 0 aromatic rings. The van der Waals surface area contributed by atoms with Crippen LogP contribution < -0.4 is 0 Å². The molecule has 0 unspecified atom stereocenters. The zero-order valence-electron chi connectivity index (χ0n) is 2.58. The third kappa shape index (κ3) is 35.9. The average molecular weight is 540 g/mol. The Morgan fingerprint density at radius 1 is 1.17 bits per heavy atom. The third-order valence-corrected chi connectivity index (χ3v) is 0. The van der Waals surface area contributed by atoms with Gasteiger partial charge in [-0.3, -0.25) is 0 Å². The minimum absolute atomic E-state index is 0.0556. The first-order valence-electron chi connectivity index (χ1n) is 0.553. The van der Waals surface area contributed by atoms with Crippen LogP contribution in [0.3, 0.4) is 0 Å². The molecule has 0 amide bonds. The van der Waals surface area contributed by atoms with Gasteiger partial charge in [-0.15, -0.1) is 0 Å². The van der Waals surface area contributed by atoms with Crippen molar-refractivity contribution in [3.05, 3.63) is 0 Å². The summed E-state index contributed by atoms with van der Waals surface area (Å²) in [6.45, 7) is 0. The molecule has 0 saturated heterocycles. The van der Waals surface area contributed by atoms with E-state index in [0.29, 0.717) is 0 Å². The summed E-state index contributed by atoms with van der Waals surface area (Å²) in [5, 5.41) is 0. The van der Waals surface area contributed by atoms with Crippen LogP contribution in [0.25, 0.3) is 0 Å². The van der Waals surface area contributed by atoms with Crippen molar-refractivity contribution in [2.45, 2.75) is 0 Å². The average Bonchev–Trinajstić information content (AvgIpc) is 1.81. The molecule has 0 atom stereocenters. The van der Waals surface area contributed by atoms with E-state index >= 15 is 0 Å². The Labute approximate surface area is 77.5 Å². The van der Waals surface area contributed by atoms with Gasteiger partial charge >= 0.3 is 78.9 Å². The van der Waals surface area contributed by atoms with Gasteiger partial charge in [0.15, 0.2) is 0 Å². The SMILES string of the molecule is [O]=[BiH].[O]=[Fe].[S]=[BiH]. The molecule has 0 aliphatic rings. The van der Waals surface area contributed by atoms with Crippen LogP contribution in [0, 0.1) is 0 Å². The second-order valence-corrected chi connectivity index (χ2v) is 0. The fourth-order valence-electron chi connectivity index (χ4n) is 0. The van der Waals surface area contributed by atoms with Gasteiger partial charge < -0.3 is 0 Å². The molecule has 0 N–H and O–H groups in total. The van der Waals surface area contributed by atoms with Gasteiger partial charge in [-0.25, -0.2) is 0 Å². The van der Waals surface area contributed by atoms with E-state index < -0.39 is 0 Å². The Hall–Kier alpha value is 2.11. The van der Waals surface area contributed by atoms with Crippen molar-refractivity contribution in [3.8, 4) is 0 Å². The summed E-state index contributed by atoms with van der Waals surface area (Å²) in [6, 6.07) is 0. The van der Waals surface area contributed by atoms with Gasteiger partial charge in [0.05, 0.1) is 0 Å². The van der Waals surface area contributed by atoms with Crippen molar-refractivity contribution in [1.29, 1.82) is 0 Å². The maximum atomic E-state index is 8.39. The number of hydrogen-bond donors (Lipinski definition) is 0. The summed E-state index contributed by atoms with van der Waals surface area (Å²) in [5.74, 6) is 0. The predicted octanol–water partition coefficient (Wildman–Crippen LogP) is -0.889. The van der Waals surface area contributed by atoms with Crippen LogP contribution in [0.5, 0.6) is 0 Å². The Kier molecular flexibility index (Phi) is 156. The molecule has 6 heteroatoms. The molecule has 0 rings (SSSR count). The first kappa shape index (κ1) is 15.7. The Morgan fingerprint density at radius 2 is 1.17 bits per heavy atom. The standard InChI is InChI=1S/2Bi.Fe.2O.S.2H. The first-order valence-corrected chi connectivity index (χ1v) is 7.76. The van der Waals surface area contributed by atoms with E-state index in [2.05, 4.69) is 8.86 Å². The molecule has 0 fully saturated rings. The fourth-order valence-corrected chi connectivity index (χ4v) is 0. The molecule has 0 saturated carbocycles. The molecule has 38 valence electrons. The first-order chi connectivity index (χ1) is 3.00. The normalized spacial score (nSPS) is 2.17. The molecule has 0 aliphatic carbocycles. The second kappa shape index (κ2) is 59.7. The summed E-state index contributed by atoms with van der Waals surface area (Å²) < 4.78 is 16.4. The van der Waals surface area contributed by atoms with Gasteiger partial charge in [-0.2, -0.15) is 0 Å². The van der Waals surface area contributed by atoms with Gasteiger partial charge in [-0.05, 0) is 0 Å². The van der Waals surface area contributed by atoms with Crippen LogP contribution in [-0.2, 0) is 22.6 Å².